The predicted octanol–water partition coefficient (Wildman–Crippen LogP) is 2.02. The molecule has 2 rings (SSSR count). The second-order valence-electron chi connectivity index (χ2n) is 5.15. The van der Waals surface area contributed by atoms with Crippen molar-refractivity contribution >= 4 is 10.0 Å². The van der Waals surface area contributed by atoms with E-state index in [1.807, 2.05) is 26.0 Å². The largest absolute Gasteiger partial charge is 0.326 e. The summed E-state index contributed by atoms with van der Waals surface area (Å²) in [5.74, 6) is 0. The standard InChI is InChI=1S/C14H22N2O2S/c1-3-8-16(13-6-7-13)19(17,18)14-9-12(10-15)5-4-11(14)2/h4-5,9,13H,3,6-8,10,15H2,1-2H3. The summed E-state index contributed by atoms with van der Waals surface area (Å²) in [5, 5.41) is 0. The number of aryl methyl sites for hydroxylation is 1. The maximum atomic E-state index is 12.8. The Morgan fingerprint density at radius 3 is 2.58 bits per heavy atom. The molecule has 2 N–H and O–H groups in total. The Morgan fingerprint density at radius 1 is 1.37 bits per heavy atom. The minimum absolute atomic E-state index is 0.200. The second kappa shape index (κ2) is 5.61. The van der Waals surface area contributed by atoms with Gasteiger partial charge < -0.3 is 5.73 Å². The van der Waals surface area contributed by atoms with Crippen molar-refractivity contribution in [2.24, 2.45) is 5.73 Å². The molecule has 0 radical (unpaired) electrons. The summed E-state index contributed by atoms with van der Waals surface area (Å²) in [7, 11) is -3.39. The maximum Gasteiger partial charge on any atom is 0.243 e. The first kappa shape index (κ1) is 14.5. The molecule has 0 atom stereocenters. The van der Waals surface area contributed by atoms with Crippen LogP contribution in [0.2, 0.25) is 0 Å². The minimum atomic E-state index is -3.39. The van der Waals surface area contributed by atoms with Crippen LogP contribution >= 0.6 is 0 Å². The van der Waals surface area contributed by atoms with E-state index in [0.717, 1.165) is 30.4 Å². The molecule has 4 nitrogen and oxygen atoms in total. The van der Waals surface area contributed by atoms with Gasteiger partial charge in [-0.05, 0) is 43.4 Å². The lowest BCUT2D eigenvalue weighted by Crippen LogP contribution is -2.34. The molecule has 1 saturated carbocycles. The van der Waals surface area contributed by atoms with Crippen LogP contribution in [0, 0.1) is 6.92 Å². The Balaban J connectivity index is 2.42. The zero-order chi connectivity index (χ0) is 14.0. The summed E-state index contributed by atoms with van der Waals surface area (Å²) in [6, 6.07) is 5.64. The van der Waals surface area contributed by atoms with Crippen molar-refractivity contribution < 1.29 is 8.42 Å². The van der Waals surface area contributed by atoms with Gasteiger partial charge in [-0.3, -0.25) is 0 Å². The molecule has 0 spiro atoms. The van der Waals surface area contributed by atoms with Gasteiger partial charge in [0.1, 0.15) is 0 Å². The third-order valence-electron chi connectivity index (χ3n) is 3.47. The van der Waals surface area contributed by atoms with Crippen molar-refractivity contribution in [1.82, 2.24) is 4.31 Å². The monoisotopic (exact) mass is 282 g/mol. The summed E-state index contributed by atoms with van der Waals surface area (Å²) in [6.45, 7) is 4.80. The summed E-state index contributed by atoms with van der Waals surface area (Å²) >= 11 is 0. The normalized spacial score (nSPS) is 16.0. The predicted molar refractivity (Wildman–Crippen MR) is 76.3 cm³/mol. The molecule has 1 aliphatic carbocycles. The van der Waals surface area contributed by atoms with Crippen LogP contribution in [0.3, 0.4) is 0 Å². The molecular formula is C14H22N2O2S. The number of sulfonamides is 1. The topological polar surface area (TPSA) is 63.4 Å². The van der Waals surface area contributed by atoms with Gasteiger partial charge >= 0.3 is 0 Å². The third-order valence-corrected chi connectivity index (χ3v) is 5.57. The Bertz CT molecular complexity index is 551. The van der Waals surface area contributed by atoms with Crippen LogP contribution in [-0.2, 0) is 16.6 Å². The van der Waals surface area contributed by atoms with Gasteiger partial charge in [0.2, 0.25) is 10.0 Å². The van der Waals surface area contributed by atoms with Crippen LogP contribution in [0.5, 0.6) is 0 Å². The molecular weight excluding hydrogens is 260 g/mol. The van der Waals surface area contributed by atoms with Crippen LogP contribution in [0.25, 0.3) is 0 Å². The zero-order valence-electron chi connectivity index (χ0n) is 11.6. The summed E-state index contributed by atoms with van der Waals surface area (Å²) < 4.78 is 27.2. The molecule has 0 saturated heterocycles. The summed E-state index contributed by atoms with van der Waals surface area (Å²) in [4.78, 5) is 0.413. The van der Waals surface area contributed by atoms with Crippen molar-refractivity contribution in [3.8, 4) is 0 Å². The lowest BCUT2D eigenvalue weighted by Gasteiger charge is -2.22. The highest BCUT2D eigenvalue weighted by molar-refractivity contribution is 7.89. The first-order chi connectivity index (χ1) is 9.00. The highest BCUT2D eigenvalue weighted by Crippen LogP contribution is 2.33. The van der Waals surface area contributed by atoms with Gasteiger partial charge in [0, 0.05) is 19.1 Å². The van der Waals surface area contributed by atoms with E-state index in [2.05, 4.69) is 0 Å². The van der Waals surface area contributed by atoms with Gasteiger partial charge in [-0.2, -0.15) is 4.31 Å². The second-order valence-corrected chi connectivity index (χ2v) is 7.01. The summed E-state index contributed by atoms with van der Waals surface area (Å²) in [6.07, 6.45) is 2.80. The van der Waals surface area contributed by atoms with E-state index in [0.29, 0.717) is 18.0 Å². The fraction of sp³-hybridized carbons (Fsp3) is 0.571. The smallest absolute Gasteiger partial charge is 0.243 e. The SMILES string of the molecule is CCCN(C1CC1)S(=O)(=O)c1cc(CN)ccc1C. The average molecular weight is 282 g/mol. The minimum Gasteiger partial charge on any atom is -0.326 e. The van der Waals surface area contributed by atoms with Crippen molar-refractivity contribution in [1.29, 1.82) is 0 Å². The molecule has 0 aromatic heterocycles. The molecule has 0 aliphatic heterocycles. The molecule has 5 heteroatoms. The van der Waals surface area contributed by atoms with Crippen LogP contribution in [0.1, 0.15) is 37.3 Å². The fourth-order valence-electron chi connectivity index (χ4n) is 2.26. The molecule has 1 fully saturated rings. The highest BCUT2D eigenvalue weighted by Gasteiger charge is 2.37. The van der Waals surface area contributed by atoms with Crippen LogP contribution in [0.4, 0.5) is 0 Å². The maximum absolute atomic E-state index is 12.8. The zero-order valence-corrected chi connectivity index (χ0v) is 12.4. The molecule has 0 heterocycles. The molecule has 0 bridgehead atoms. The first-order valence-corrected chi connectivity index (χ1v) is 8.26. The summed E-state index contributed by atoms with van der Waals surface area (Å²) in [5.41, 5.74) is 7.26. The number of hydrogen-bond acceptors (Lipinski definition) is 3. The van der Waals surface area contributed by atoms with E-state index in [1.54, 1.807) is 10.4 Å². The van der Waals surface area contributed by atoms with Gasteiger partial charge in [-0.1, -0.05) is 19.1 Å². The lowest BCUT2D eigenvalue weighted by molar-refractivity contribution is 0.403. The third kappa shape index (κ3) is 2.99. The van der Waals surface area contributed by atoms with E-state index in [4.69, 9.17) is 5.73 Å². The fourth-order valence-corrected chi connectivity index (χ4v) is 4.31. The molecule has 1 aromatic carbocycles. The van der Waals surface area contributed by atoms with Crippen LogP contribution in [-0.4, -0.2) is 25.3 Å². The van der Waals surface area contributed by atoms with Gasteiger partial charge in [-0.15, -0.1) is 0 Å². The van der Waals surface area contributed by atoms with E-state index in [9.17, 15) is 8.42 Å². The Morgan fingerprint density at radius 2 is 2.05 bits per heavy atom. The molecule has 1 aliphatic rings. The van der Waals surface area contributed by atoms with Crippen LogP contribution < -0.4 is 5.73 Å². The van der Waals surface area contributed by atoms with Gasteiger partial charge in [-0.25, -0.2) is 8.42 Å². The van der Waals surface area contributed by atoms with E-state index in [-0.39, 0.29) is 6.04 Å². The molecule has 106 valence electrons. The van der Waals surface area contributed by atoms with Gasteiger partial charge in [0.15, 0.2) is 0 Å². The number of nitrogens with zero attached hydrogens (tertiary/aromatic N) is 1. The number of benzene rings is 1. The molecule has 0 unspecified atom stereocenters. The van der Waals surface area contributed by atoms with Crippen molar-refractivity contribution in [3.05, 3.63) is 29.3 Å². The number of nitrogens with two attached hydrogens (primary N) is 1. The Hall–Kier alpha value is -0.910. The van der Waals surface area contributed by atoms with E-state index in [1.165, 1.54) is 0 Å². The van der Waals surface area contributed by atoms with Crippen LogP contribution in [0.15, 0.2) is 23.1 Å². The van der Waals surface area contributed by atoms with Gasteiger partial charge in [0.05, 0.1) is 4.90 Å². The van der Waals surface area contributed by atoms with Crippen molar-refractivity contribution in [2.45, 2.75) is 50.6 Å². The number of hydrogen-bond donors (Lipinski definition) is 1. The van der Waals surface area contributed by atoms with Gasteiger partial charge in [0.25, 0.3) is 0 Å². The molecule has 1 aromatic rings. The number of rotatable bonds is 6. The molecule has 19 heavy (non-hydrogen) atoms. The Labute approximate surface area is 115 Å². The van der Waals surface area contributed by atoms with Crippen molar-refractivity contribution in [3.63, 3.8) is 0 Å². The highest BCUT2D eigenvalue weighted by atomic mass is 32.2. The lowest BCUT2D eigenvalue weighted by atomic mass is 10.1. The first-order valence-electron chi connectivity index (χ1n) is 6.82. The van der Waals surface area contributed by atoms with E-state index < -0.39 is 10.0 Å². The van der Waals surface area contributed by atoms with Crippen molar-refractivity contribution in [2.75, 3.05) is 6.54 Å². The molecule has 0 amide bonds. The quantitative estimate of drug-likeness (QED) is 0.868. The average Bonchev–Trinajstić information content (AvgIpc) is 3.20. The Kier molecular flexibility index (Phi) is 4.28. The van der Waals surface area contributed by atoms with E-state index >= 15 is 0 Å².